The maximum atomic E-state index is 12.5. The van der Waals surface area contributed by atoms with Gasteiger partial charge in [0.1, 0.15) is 5.75 Å². The van der Waals surface area contributed by atoms with Gasteiger partial charge in [-0.2, -0.15) is 0 Å². The van der Waals surface area contributed by atoms with E-state index in [9.17, 15) is 4.79 Å². The lowest BCUT2D eigenvalue weighted by atomic mass is 10.0. The number of amides is 1. The van der Waals surface area contributed by atoms with E-state index in [0.717, 1.165) is 28.1 Å². The number of carbonyl (C=O) groups is 1. The Hall–Kier alpha value is -2.78. The van der Waals surface area contributed by atoms with Crippen molar-refractivity contribution in [3.05, 3.63) is 83.4 Å². The van der Waals surface area contributed by atoms with E-state index in [0.29, 0.717) is 11.6 Å². The average Bonchev–Trinajstić information content (AvgIpc) is 2.64. The zero-order chi connectivity index (χ0) is 17.2. The molecule has 0 bridgehead atoms. The molecule has 0 atom stereocenters. The van der Waals surface area contributed by atoms with Crippen LogP contribution in [0.1, 0.15) is 5.56 Å². The van der Waals surface area contributed by atoms with Crippen molar-refractivity contribution in [3.63, 3.8) is 0 Å². The highest BCUT2D eigenvalue weighted by atomic mass is 35.5. The maximum absolute atomic E-state index is 12.5. The SMILES string of the molecule is O=C1COc2ccc(-c3ccccc3)cc2N1Cc1cccc(Cl)c1. The highest BCUT2D eigenvalue weighted by Gasteiger charge is 2.26. The van der Waals surface area contributed by atoms with Crippen LogP contribution in [-0.2, 0) is 11.3 Å². The lowest BCUT2D eigenvalue weighted by molar-refractivity contribution is -0.121. The number of ether oxygens (including phenoxy) is 1. The van der Waals surface area contributed by atoms with Gasteiger partial charge in [0.15, 0.2) is 6.61 Å². The van der Waals surface area contributed by atoms with Crippen molar-refractivity contribution in [3.8, 4) is 16.9 Å². The summed E-state index contributed by atoms with van der Waals surface area (Å²) in [5.41, 5.74) is 3.93. The predicted octanol–water partition coefficient (Wildman–Crippen LogP) is 4.93. The summed E-state index contributed by atoms with van der Waals surface area (Å²) >= 11 is 6.08. The molecule has 25 heavy (non-hydrogen) atoms. The molecule has 0 saturated carbocycles. The molecule has 0 fully saturated rings. The fourth-order valence-corrected chi connectivity index (χ4v) is 3.22. The third kappa shape index (κ3) is 3.24. The Bertz CT molecular complexity index is 924. The third-order valence-electron chi connectivity index (χ3n) is 4.24. The summed E-state index contributed by atoms with van der Waals surface area (Å²) in [5, 5.41) is 0.663. The molecule has 4 heteroatoms. The first-order valence-electron chi connectivity index (χ1n) is 8.08. The molecular weight excluding hydrogens is 334 g/mol. The quantitative estimate of drug-likeness (QED) is 0.670. The Balaban J connectivity index is 1.73. The molecule has 1 heterocycles. The first-order chi connectivity index (χ1) is 12.2. The Kier molecular flexibility index (Phi) is 4.16. The summed E-state index contributed by atoms with van der Waals surface area (Å²) in [7, 11) is 0. The minimum atomic E-state index is -0.0577. The van der Waals surface area contributed by atoms with Gasteiger partial charge in [-0.15, -0.1) is 0 Å². The van der Waals surface area contributed by atoms with Gasteiger partial charge in [-0.05, 0) is 41.0 Å². The zero-order valence-electron chi connectivity index (χ0n) is 13.5. The van der Waals surface area contributed by atoms with Crippen LogP contribution in [0.2, 0.25) is 5.02 Å². The molecule has 0 saturated heterocycles. The Labute approximate surface area is 151 Å². The molecule has 3 aromatic rings. The van der Waals surface area contributed by atoms with Crippen molar-refractivity contribution < 1.29 is 9.53 Å². The zero-order valence-corrected chi connectivity index (χ0v) is 14.2. The van der Waals surface area contributed by atoms with Gasteiger partial charge in [-0.3, -0.25) is 4.79 Å². The predicted molar refractivity (Wildman–Crippen MR) is 100 cm³/mol. The van der Waals surface area contributed by atoms with Crippen LogP contribution in [-0.4, -0.2) is 12.5 Å². The Morgan fingerprint density at radius 1 is 0.920 bits per heavy atom. The van der Waals surface area contributed by atoms with Gasteiger partial charge in [0.05, 0.1) is 12.2 Å². The van der Waals surface area contributed by atoms with E-state index < -0.39 is 0 Å². The molecule has 3 nitrogen and oxygen atoms in total. The van der Waals surface area contributed by atoms with Crippen LogP contribution in [0.15, 0.2) is 72.8 Å². The second-order valence-corrected chi connectivity index (χ2v) is 6.38. The van der Waals surface area contributed by atoms with Crippen molar-refractivity contribution in [1.29, 1.82) is 0 Å². The van der Waals surface area contributed by atoms with Crippen molar-refractivity contribution in [1.82, 2.24) is 0 Å². The van der Waals surface area contributed by atoms with Crippen LogP contribution in [0.3, 0.4) is 0 Å². The smallest absolute Gasteiger partial charge is 0.265 e. The summed E-state index contributed by atoms with van der Waals surface area (Å²) in [6, 6.07) is 23.6. The number of rotatable bonds is 3. The largest absolute Gasteiger partial charge is 0.482 e. The molecule has 1 aliphatic rings. The molecule has 0 aliphatic carbocycles. The van der Waals surface area contributed by atoms with Gasteiger partial charge in [-0.1, -0.05) is 60.1 Å². The minimum Gasteiger partial charge on any atom is -0.482 e. The monoisotopic (exact) mass is 349 g/mol. The lowest BCUT2D eigenvalue weighted by Gasteiger charge is -2.30. The van der Waals surface area contributed by atoms with E-state index in [1.807, 2.05) is 60.7 Å². The molecule has 1 amide bonds. The van der Waals surface area contributed by atoms with Crippen LogP contribution >= 0.6 is 11.6 Å². The highest BCUT2D eigenvalue weighted by Crippen LogP contribution is 2.37. The second kappa shape index (κ2) is 6.61. The average molecular weight is 350 g/mol. The lowest BCUT2D eigenvalue weighted by Crippen LogP contribution is -2.38. The molecule has 0 N–H and O–H groups in total. The number of carbonyl (C=O) groups excluding carboxylic acids is 1. The minimum absolute atomic E-state index is 0.0538. The molecular formula is C21H16ClNO2. The molecule has 0 spiro atoms. The highest BCUT2D eigenvalue weighted by molar-refractivity contribution is 6.30. The van der Waals surface area contributed by atoms with E-state index in [4.69, 9.17) is 16.3 Å². The van der Waals surface area contributed by atoms with Crippen LogP contribution in [0.5, 0.6) is 5.75 Å². The van der Waals surface area contributed by atoms with E-state index >= 15 is 0 Å². The fourth-order valence-electron chi connectivity index (χ4n) is 3.00. The van der Waals surface area contributed by atoms with E-state index in [1.165, 1.54) is 0 Å². The molecule has 0 radical (unpaired) electrons. The topological polar surface area (TPSA) is 29.5 Å². The van der Waals surface area contributed by atoms with Crippen molar-refractivity contribution >= 4 is 23.2 Å². The maximum Gasteiger partial charge on any atom is 0.265 e. The standard InChI is InChI=1S/C21H16ClNO2/c22-18-8-4-5-15(11-18)13-23-19-12-17(16-6-2-1-3-7-16)9-10-20(19)25-14-21(23)24/h1-12H,13-14H2. The van der Waals surface area contributed by atoms with Gasteiger partial charge in [0.25, 0.3) is 5.91 Å². The molecule has 0 aromatic heterocycles. The number of hydrogen-bond donors (Lipinski definition) is 0. The van der Waals surface area contributed by atoms with Crippen molar-refractivity contribution in [2.45, 2.75) is 6.54 Å². The number of fused-ring (bicyclic) bond motifs is 1. The summed E-state index contributed by atoms with van der Waals surface area (Å²) in [5.74, 6) is 0.666. The number of nitrogens with zero attached hydrogens (tertiary/aromatic N) is 1. The van der Waals surface area contributed by atoms with E-state index in [2.05, 4.69) is 12.1 Å². The first kappa shape index (κ1) is 15.7. The number of benzene rings is 3. The molecule has 3 aromatic carbocycles. The summed E-state index contributed by atoms with van der Waals surface area (Å²) in [6.45, 7) is 0.520. The molecule has 1 aliphatic heterocycles. The van der Waals surface area contributed by atoms with E-state index in [-0.39, 0.29) is 12.5 Å². The van der Waals surface area contributed by atoms with Gasteiger partial charge >= 0.3 is 0 Å². The summed E-state index contributed by atoms with van der Waals surface area (Å²) in [6.07, 6.45) is 0. The molecule has 0 unspecified atom stereocenters. The molecule has 124 valence electrons. The molecule has 4 rings (SSSR count). The van der Waals surface area contributed by atoms with Gasteiger partial charge < -0.3 is 9.64 Å². The van der Waals surface area contributed by atoms with Gasteiger partial charge in [-0.25, -0.2) is 0 Å². The van der Waals surface area contributed by atoms with Crippen LogP contribution in [0, 0.1) is 0 Å². The van der Waals surface area contributed by atoms with Crippen LogP contribution in [0.25, 0.3) is 11.1 Å². The Morgan fingerprint density at radius 3 is 2.56 bits per heavy atom. The number of anilines is 1. The number of halogens is 1. The van der Waals surface area contributed by atoms with Crippen molar-refractivity contribution in [2.75, 3.05) is 11.5 Å². The second-order valence-electron chi connectivity index (χ2n) is 5.95. The fraction of sp³-hybridized carbons (Fsp3) is 0.0952. The third-order valence-corrected chi connectivity index (χ3v) is 4.47. The first-order valence-corrected chi connectivity index (χ1v) is 8.45. The van der Waals surface area contributed by atoms with E-state index in [1.54, 1.807) is 4.90 Å². The van der Waals surface area contributed by atoms with Crippen LogP contribution < -0.4 is 9.64 Å². The van der Waals surface area contributed by atoms with Crippen molar-refractivity contribution in [2.24, 2.45) is 0 Å². The van der Waals surface area contributed by atoms with Gasteiger partial charge in [0.2, 0.25) is 0 Å². The van der Waals surface area contributed by atoms with Gasteiger partial charge in [0, 0.05) is 5.02 Å². The number of hydrogen-bond acceptors (Lipinski definition) is 2. The summed E-state index contributed by atoms with van der Waals surface area (Å²) in [4.78, 5) is 14.2. The Morgan fingerprint density at radius 2 is 1.76 bits per heavy atom. The summed E-state index contributed by atoms with van der Waals surface area (Å²) < 4.78 is 5.60. The normalized spacial score (nSPS) is 13.3. The van der Waals surface area contributed by atoms with Crippen LogP contribution in [0.4, 0.5) is 5.69 Å².